The predicted octanol–water partition coefficient (Wildman–Crippen LogP) is 3.34. The molecule has 1 aliphatic rings. The maximum Gasteiger partial charge on any atom is 0.227 e. The zero-order valence-corrected chi connectivity index (χ0v) is 16.1. The van der Waals surface area contributed by atoms with E-state index in [9.17, 15) is 9.59 Å². The lowest BCUT2D eigenvalue weighted by atomic mass is 9.95. The van der Waals surface area contributed by atoms with Crippen molar-refractivity contribution in [1.82, 2.24) is 4.90 Å². The molecule has 28 heavy (non-hydrogen) atoms. The molecule has 2 amide bonds. The van der Waals surface area contributed by atoms with E-state index >= 15 is 0 Å². The summed E-state index contributed by atoms with van der Waals surface area (Å²) in [6, 6.07) is 16.8. The highest BCUT2D eigenvalue weighted by Crippen LogP contribution is 2.26. The van der Waals surface area contributed by atoms with Crippen LogP contribution >= 0.6 is 0 Å². The number of benzene rings is 2. The number of carbonyl (C=O) groups is 2. The zero-order chi connectivity index (χ0) is 19.8. The van der Waals surface area contributed by atoms with Gasteiger partial charge in [-0.05, 0) is 37.1 Å². The van der Waals surface area contributed by atoms with Gasteiger partial charge in [-0.2, -0.15) is 0 Å². The Balaban J connectivity index is 1.40. The first kappa shape index (κ1) is 19.7. The fourth-order valence-corrected chi connectivity index (χ4v) is 3.30. The fourth-order valence-electron chi connectivity index (χ4n) is 3.30. The van der Waals surface area contributed by atoms with Crippen LogP contribution in [-0.2, 0) is 9.59 Å². The average molecular weight is 382 g/mol. The summed E-state index contributed by atoms with van der Waals surface area (Å²) in [5, 5.41) is 2.94. The summed E-state index contributed by atoms with van der Waals surface area (Å²) >= 11 is 0. The summed E-state index contributed by atoms with van der Waals surface area (Å²) in [5.41, 5.74) is 0.805. The molecule has 0 atom stereocenters. The van der Waals surface area contributed by atoms with Gasteiger partial charge in [0.05, 0.1) is 20.1 Å². The van der Waals surface area contributed by atoms with Crippen molar-refractivity contribution in [1.29, 1.82) is 0 Å². The van der Waals surface area contributed by atoms with Crippen molar-refractivity contribution in [2.45, 2.75) is 19.3 Å². The van der Waals surface area contributed by atoms with Crippen LogP contribution in [0.2, 0.25) is 0 Å². The van der Waals surface area contributed by atoms with Crippen LogP contribution in [0.4, 0.5) is 5.69 Å². The van der Waals surface area contributed by atoms with Crippen molar-refractivity contribution in [2.24, 2.45) is 5.92 Å². The number of likely N-dealkylation sites (tertiary alicyclic amines) is 1. The third-order valence-electron chi connectivity index (χ3n) is 4.90. The Kier molecular flexibility index (Phi) is 6.89. The maximum absolute atomic E-state index is 12.4. The predicted molar refractivity (Wildman–Crippen MR) is 107 cm³/mol. The number of hydrogen-bond acceptors (Lipinski definition) is 4. The van der Waals surface area contributed by atoms with Crippen LogP contribution in [0.3, 0.4) is 0 Å². The van der Waals surface area contributed by atoms with E-state index in [4.69, 9.17) is 9.47 Å². The first-order valence-electron chi connectivity index (χ1n) is 9.57. The second-order valence-electron chi connectivity index (χ2n) is 6.76. The molecule has 1 aliphatic heterocycles. The molecule has 0 spiro atoms. The highest BCUT2D eigenvalue weighted by molar-refractivity contribution is 5.92. The number of amides is 2. The number of carbonyl (C=O) groups excluding carboxylic acids is 2. The van der Waals surface area contributed by atoms with E-state index < -0.39 is 0 Å². The molecule has 0 radical (unpaired) electrons. The van der Waals surface area contributed by atoms with Gasteiger partial charge < -0.3 is 19.7 Å². The molecule has 2 aromatic carbocycles. The smallest absolute Gasteiger partial charge is 0.227 e. The van der Waals surface area contributed by atoms with Crippen molar-refractivity contribution in [3.63, 3.8) is 0 Å². The molecule has 0 aromatic heterocycles. The summed E-state index contributed by atoms with van der Waals surface area (Å²) < 4.78 is 10.9. The molecule has 1 N–H and O–H groups in total. The first-order valence-corrected chi connectivity index (χ1v) is 9.57. The van der Waals surface area contributed by atoms with Gasteiger partial charge in [-0.3, -0.25) is 9.59 Å². The summed E-state index contributed by atoms with van der Waals surface area (Å²) in [6.45, 7) is 1.49. The number of hydrogen-bond donors (Lipinski definition) is 1. The van der Waals surface area contributed by atoms with Crippen molar-refractivity contribution in [3.8, 4) is 11.5 Å². The van der Waals surface area contributed by atoms with E-state index in [0.717, 1.165) is 5.69 Å². The van der Waals surface area contributed by atoms with E-state index in [2.05, 4.69) is 5.32 Å². The summed E-state index contributed by atoms with van der Waals surface area (Å²) in [5.74, 6) is 1.30. The normalized spacial score (nSPS) is 14.4. The molecular weight excluding hydrogens is 356 g/mol. The number of nitrogens with one attached hydrogen (secondary N) is 1. The number of ether oxygens (including phenoxy) is 2. The summed E-state index contributed by atoms with van der Waals surface area (Å²) in [7, 11) is 1.59. The Morgan fingerprint density at radius 2 is 1.64 bits per heavy atom. The molecule has 6 heteroatoms. The van der Waals surface area contributed by atoms with Gasteiger partial charge in [0, 0.05) is 24.7 Å². The number of rotatable bonds is 7. The molecule has 0 aliphatic carbocycles. The number of piperidine rings is 1. The largest absolute Gasteiger partial charge is 0.493 e. The van der Waals surface area contributed by atoms with Gasteiger partial charge in [0.1, 0.15) is 0 Å². The number of anilines is 1. The minimum atomic E-state index is -0.0610. The number of para-hydroxylation sites is 3. The molecule has 0 saturated carbocycles. The van der Waals surface area contributed by atoms with Gasteiger partial charge in [0.2, 0.25) is 11.8 Å². The van der Waals surface area contributed by atoms with Crippen LogP contribution in [0.1, 0.15) is 19.3 Å². The third-order valence-corrected chi connectivity index (χ3v) is 4.90. The van der Waals surface area contributed by atoms with Crippen LogP contribution in [0.25, 0.3) is 0 Å². The third kappa shape index (κ3) is 5.25. The van der Waals surface area contributed by atoms with Crippen LogP contribution in [0.5, 0.6) is 11.5 Å². The van der Waals surface area contributed by atoms with E-state index in [-0.39, 0.29) is 17.7 Å². The van der Waals surface area contributed by atoms with E-state index in [1.165, 1.54) is 0 Å². The second-order valence-corrected chi connectivity index (χ2v) is 6.76. The van der Waals surface area contributed by atoms with Crippen LogP contribution in [0, 0.1) is 5.92 Å². The molecule has 148 valence electrons. The van der Waals surface area contributed by atoms with Gasteiger partial charge in [-0.15, -0.1) is 0 Å². The van der Waals surface area contributed by atoms with Gasteiger partial charge >= 0.3 is 0 Å². The van der Waals surface area contributed by atoms with E-state index in [0.29, 0.717) is 50.5 Å². The Bertz CT molecular complexity index is 786. The molecule has 0 unspecified atom stereocenters. The van der Waals surface area contributed by atoms with Crippen molar-refractivity contribution >= 4 is 17.5 Å². The highest BCUT2D eigenvalue weighted by atomic mass is 16.5. The SMILES string of the molecule is COc1ccccc1OCCC(=O)N1CCC(C(=O)Nc2ccccc2)CC1. The molecule has 3 rings (SSSR count). The zero-order valence-electron chi connectivity index (χ0n) is 16.1. The maximum atomic E-state index is 12.4. The lowest BCUT2D eigenvalue weighted by molar-refractivity contribution is -0.135. The van der Waals surface area contributed by atoms with Crippen LogP contribution in [0.15, 0.2) is 54.6 Å². The molecule has 1 heterocycles. The van der Waals surface area contributed by atoms with Gasteiger partial charge in [-0.1, -0.05) is 30.3 Å². The molecule has 0 bridgehead atoms. The summed E-state index contributed by atoms with van der Waals surface area (Å²) in [6.07, 6.45) is 1.66. The summed E-state index contributed by atoms with van der Waals surface area (Å²) in [4.78, 5) is 26.6. The monoisotopic (exact) mass is 382 g/mol. The quantitative estimate of drug-likeness (QED) is 0.798. The Morgan fingerprint density at radius 3 is 2.32 bits per heavy atom. The fraction of sp³-hybridized carbons (Fsp3) is 0.364. The molecule has 1 saturated heterocycles. The van der Waals surface area contributed by atoms with Crippen molar-refractivity contribution < 1.29 is 19.1 Å². The number of methoxy groups -OCH3 is 1. The first-order chi connectivity index (χ1) is 13.7. The van der Waals surface area contributed by atoms with E-state index in [1.54, 1.807) is 7.11 Å². The minimum Gasteiger partial charge on any atom is -0.493 e. The van der Waals surface area contributed by atoms with Gasteiger partial charge in [0.25, 0.3) is 0 Å². The minimum absolute atomic E-state index is 0.0257. The molecule has 6 nitrogen and oxygen atoms in total. The Hall–Kier alpha value is -3.02. The lowest BCUT2D eigenvalue weighted by Gasteiger charge is -2.31. The highest BCUT2D eigenvalue weighted by Gasteiger charge is 2.27. The standard InChI is InChI=1S/C22H26N2O4/c1-27-19-9-5-6-10-20(19)28-16-13-21(25)24-14-11-17(12-15-24)22(26)23-18-7-3-2-4-8-18/h2-10,17H,11-16H2,1H3,(H,23,26). The van der Waals surface area contributed by atoms with E-state index in [1.807, 2.05) is 59.5 Å². The molecule has 2 aromatic rings. The lowest BCUT2D eigenvalue weighted by Crippen LogP contribution is -2.41. The average Bonchev–Trinajstić information content (AvgIpc) is 2.75. The second kappa shape index (κ2) is 9.78. The van der Waals surface area contributed by atoms with Crippen LogP contribution < -0.4 is 14.8 Å². The number of nitrogens with zero attached hydrogens (tertiary/aromatic N) is 1. The topological polar surface area (TPSA) is 67.9 Å². The van der Waals surface area contributed by atoms with Crippen molar-refractivity contribution in [2.75, 3.05) is 32.1 Å². The van der Waals surface area contributed by atoms with Crippen molar-refractivity contribution in [3.05, 3.63) is 54.6 Å². The Labute approximate surface area is 165 Å². The Morgan fingerprint density at radius 1 is 1.00 bits per heavy atom. The van der Waals surface area contributed by atoms with Gasteiger partial charge in [0.15, 0.2) is 11.5 Å². The molecular formula is C22H26N2O4. The van der Waals surface area contributed by atoms with Gasteiger partial charge in [-0.25, -0.2) is 0 Å². The molecule has 1 fully saturated rings. The van der Waals surface area contributed by atoms with Crippen LogP contribution in [-0.4, -0.2) is 43.5 Å².